The van der Waals surface area contributed by atoms with Gasteiger partial charge in [-0.3, -0.25) is 0 Å². The second kappa shape index (κ2) is 5.72. The Morgan fingerprint density at radius 3 is 2.87 bits per heavy atom. The number of rotatable bonds is 5. The van der Waals surface area contributed by atoms with Crippen LogP contribution in [0.4, 0.5) is 11.8 Å². The average molecular weight is 231 g/mol. The van der Waals surface area contributed by atoms with Crippen molar-refractivity contribution in [2.45, 2.75) is 6.92 Å². The first-order valence-electron chi connectivity index (χ1n) is 4.79. The van der Waals surface area contributed by atoms with Gasteiger partial charge in [0.15, 0.2) is 5.82 Å². The lowest BCUT2D eigenvalue weighted by atomic mass is 10.4. The first-order valence-corrected chi connectivity index (χ1v) is 5.16. The Morgan fingerprint density at radius 2 is 2.33 bits per heavy atom. The lowest BCUT2D eigenvalue weighted by Gasteiger charge is -2.21. The maximum absolute atomic E-state index is 8.90. The van der Waals surface area contributed by atoms with Gasteiger partial charge in [-0.05, 0) is 6.92 Å². The molecule has 0 aromatic carbocycles. The van der Waals surface area contributed by atoms with Crippen molar-refractivity contribution in [3.63, 3.8) is 0 Å². The van der Waals surface area contributed by atoms with Crippen LogP contribution in [0, 0.1) is 0 Å². The van der Waals surface area contributed by atoms with Crippen LogP contribution in [0.25, 0.3) is 0 Å². The number of aliphatic hydroxyl groups excluding tert-OH is 1. The first-order chi connectivity index (χ1) is 7.22. The van der Waals surface area contributed by atoms with Crippen molar-refractivity contribution in [3.05, 3.63) is 11.2 Å². The summed E-state index contributed by atoms with van der Waals surface area (Å²) in [5.74, 6) is 1.17. The molecular weight excluding hydrogens is 216 g/mol. The molecule has 0 fully saturated rings. The van der Waals surface area contributed by atoms with E-state index in [-0.39, 0.29) is 6.61 Å². The number of hydrogen-bond donors (Lipinski definition) is 2. The van der Waals surface area contributed by atoms with Crippen LogP contribution in [-0.4, -0.2) is 41.8 Å². The van der Waals surface area contributed by atoms with Gasteiger partial charge in [-0.2, -0.15) is 4.98 Å². The van der Waals surface area contributed by atoms with Crippen LogP contribution in [0.2, 0.25) is 5.02 Å². The van der Waals surface area contributed by atoms with Crippen LogP contribution < -0.4 is 10.2 Å². The number of likely N-dealkylation sites (N-methyl/N-ethyl adjacent to an activating group) is 1. The molecule has 5 nitrogen and oxygen atoms in total. The number of nitrogens with zero attached hydrogens (tertiary/aromatic N) is 3. The number of hydrogen-bond acceptors (Lipinski definition) is 5. The number of halogens is 1. The van der Waals surface area contributed by atoms with Crippen LogP contribution in [0.5, 0.6) is 0 Å². The third-order valence-electron chi connectivity index (χ3n) is 2.00. The first kappa shape index (κ1) is 12.0. The van der Waals surface area contributed by atoms with Gasteiger partial charge in [0.1, 0.15) is 5.02 Å². The molecule has 0 saturated carbocycles. The fourth-order valence-electron chi connectivity index (χ4n) is 1.23. The fourth-order valence-corrected chi connectivity index (χ4v) is 1.45. The van der Waals surface area contributed by atoms with E-state index < -0.39 is 0 Å². The van der Waals surface area contributed by atoms with Crippen LogP contribution in [0.1, 0.15) is 6.92 Å². The average Bonchev–Trinajstić information content (AvgIpc) is 2.27. The van der Waals surface area contributed by atoms with Crippen molar-refractivity contribution in [1.82, 2.24) is 9.97 Å². The summed E-state index contributed by atoms with van der Waals surface area (Å²) in [6.07, 6.45) is 1.55. The van der Waals surface area contributed by atoms with Crippen LogP contribution in [0.15, 0.2) is 6.20 Å². The minimum absolute atomic E-state index is 0.0725. The molecule has 0 aliphatic rings. The molecule has 6 heteroatoms. The molecule has 1 heterocycles. The van der Waals surface area contributed by atoms with E-state index in [1.165, 1.54) is 0 Å². The lowest BCUT2D eigenvalue weighted by Crippen LogP contribution is -2.27. The van der Waals surface area contributed by atoms with Crippen LogP contribution in [-0.2, 0) is 0 Å². The molecule has 0 bridgehead atoms. The van der Waals surface area contributed by atoms with Crippen LogP contribution >= 0.6 is 11.6 Å². The number of nitrogens with one attached hydrogen (secondary N) is 1. The monoisotopic (exact) mass is 230 g/mol. The molecule has 0 unspecified atom stereocenters. The molecule has 0 atom stereocenters. The zero-order chi connectivity index (χ0) is 11.3. The quantitative estimate of drug-likeness (QED) is 0.790. The molecule has 0 aliphatic heterocycles. The predicted molar refractivity (Wildman–Crippen MR) is 61.6 cm³/mol. The van der Waals surface area contributed by atoms with E-state index in [2.05, 4.69) is 15.3 Å². The van der Waals surface area contributed by atoms with E-state index >= 15 is 0 Å². The largest absolute Gasteiger partial charge is 0.395 e. The van der Waals surface area contributed by atoms with E-state index in [1.807, 2.05) is 11.8 Å². The van der Waals surface area contributed by atoms with Gasteiger partial charge in [0, 0.05) is 20.1 Å². The van der Waals surface area contributed by atoms with Gasteiger partial charge in [0.2, 0.25) is 5.95 Å². The zero-order valence-corrected chi connectivity index (χ0v) is 9.62. The Morgan fingerprint density at radius 1 is 1.60 bits per heavy atom. The normalized spacial score (nSPS) is 10.1. The SMILES string of the molecule is CCN(CCO)c1nc(NC)ncc1Cl. The Hall–Kier alpha value is -1.07. The maximum Gasteiger partial charge on any atom is 0.224 e. The van der Waals surface area contributed by atoms with Gasteiger partial charge in [-0.25, -0.2) is 4.98 Å². The minimum atomic E-state index is 0.0725. The Kier molecular flexibility index (Phi) is 4.58. The third kappa shape index (κ3) is 2.94. The predicted octanol–water partition coefficient (Wildman–Crippen LogP) is 0.990. The Labute approximate surface area is 94.1 Å². The van der Waals surface area contributed by atoms with Crippen molar-refractivity contribution in [2.75, 3.05) is 37.0 Å². The highest BCUT2D eigenvalue weighted by Gasteiger charge is 2.11. The second-order valence-corrected chi connectivity index (χ2v) is 3.33. The van der Waals surface area contributed by atoms with E-state index in [1.54, 1.807) is 13.2 Å². The fraction of sp³-hybridized carbons (Fsp3) is 0.556. The van der Waals surface area contributed by atoms with Crippen molar-refractivity contribution < 1.29 is 5.11 Å². The zero-order valence-electron chi connectivity index (χ0n) is 8.87. The lowest BCUT2D eigenvalue weighted by molar-refractivity contribution is 0.302. The minimum Gasteiger partial charge on any atom is -0.395 e. The molecule has 0 radical (unpaired) electrons. The summed E-state index contributed by atoms with van der Waals surface area (Å²) in [5.41, 5.74) is 0. The molecule has 84 valence electrons. The second-order valence-electron chi connectivity index (χ2n) is 2.92. The van der Waals surface area contributed by atoms with Crippen molar-refractivity contribution >= 4 is 23.4 Å². The molecular formula is C9H15ClN4O. The highest BCUT2D eigenvalue weighted by molar-refractivity contribution is 6.32. The van der Waals surface area contributed by atoms with Gasteiger partial charge >= 0.3 is 0 Å². The molecule has 1 rings (SSSR count). The maximum atomic E-state index is 8.90. The van der Waals surface area contributed by atoms with E-state index in [9.17, 15) is 0 Å². The topological polar surface area (TPSA) is 61.3 Å². The molecule has 0 saturated heterocycles. The summed E-state index contributed by atoms with van der Waals surface area (Å²) in [6, 6.07) is 0. The summed E-state index contributed by atoms with van der Waals surface area (Å²) in [6.45, 7) is 3.30. The molecule has 1 aromatic rings. The Balaban J connectivity index is 2.98. The molecule has 0 amide bonds. The van der Waals surface area contributed by atoms with E-state index in [0.717, 1.165) is 6.54 Å². The molecule has 15 heavy (non-hydrogen) atoms. The highest BCUT2D eigenvalue weighted by Crippen LogP contribution is 2.23. The number of aromatic nitrogens is 2. The summed E-state index contributed by atoms with van der Waals surface area (Å²) in [7, 11) is 1.75. The number of anilines is 2. The van der Waals surface area contributed by atoms with Gasteiger partial charge in [0.05, 0.1) is 12.8 Å². The smallest absolute Gasteiger partial charge is 0.224 e. The van der Waals surface area contributed by atoms with Crippen molar-refractivity contribution in [3.8, 4) is 0 Å². The van der Waals surface area contributed by atoms with Crippen molar-refractivity contribution in [1.29, 1.82) is 0 Å². The van der Waals surface area contributed by atoms with E-state index in [0.29, 0.717) is 23.3 Å². The van der Waals surface area contributed by atoms with Gasteiger partial charge < -0.3 is 15.3 Å². The summed E-state index contributed by atoms with van der Waals surface area (Å²) < 4.78 is 0. The van der Waals surface area contributed by atoms with Crippen LogP contribution in [0.3, 0.4) is 0 Å². The molecule has 1 aromatic heterocycles. The summed E-state index contributed by atoms with van der Waals surface area (Å²) in [4.78, 5) is 10.1. The van der Waals surface area contributed by atoms with Gasteiger partial charge in [-0.15, -0.1) is 0 Å². The molecule has 0 spiro atoms. The van der Waals surface area contributed by atoms with Gasteiger partial charge in [0.25, 0.3) is 0 Å². The molecule has 0 aliphatic carbocycles. The third-order valence-corrected chi connectivity index (χ3v) is 2.27. The summed E-state index contributed by atoms with van der Waals surface area (Å²) >= 11 is 5.99. The Bertz CT molecular complexity index is 321. The molecule has 2 N–H and O–H groups in total. The van der Waals surface area contributed by atoms with Crippen molar-refractivity contribution in [2.24, 2.45) is 0 Å². The summed E-state index contributed by atoms with van der Waals surface area (Å²) in [5, 5.41) is 12.2. The van der Waals surface area contributed by atoms with E-state index in [4.69, 9.17) is 16.7 Å². The standard InChI is InChI=1S/C9H15ClN4O/c1-3-14(4-5-15)8-7(10)6-12-9(11-2)13-8/h6,15H,3-5H2,1-2H3,(H,11,12,13). The van der Waals surface area contributed by atoms with Gasteiger partial charge in [-0.1, -0.05) is 11.6 Å². The highest BCUT2D eigenvalue weighted by atomic mass is 35.5. The number of aliphatic hydroxyl groups is 1.